The van der Waals surface area contributed by atoms with Crippen LogP contribution in [-0.4, -0.2) is 6.10 Å². The number of fused-ring (bicyclic) bond motifs is 1. The van der Waals surface area contributed by atoms with Crippen molar-refractivity contribution in [2.45, 2.75) is 45.6 Å². The molecule has 0 radical (unpaired) electrons. The Morgan fingerprint density at radius 1 is 1.10 bits per heavy atom. The molecule has 0 aromatic heterocycles. The third kappa shape index (κ3) is 2.67. The van der Waals surface area contributed by atoms with Gasteiger partial charge in [-0.15, -0.1) is 11.6 Å². The Morgan fingerprint density at radius 3 is 2.43 bits per heavy atom. The molecule has 0 spiro atoms. The smallest absolute Gasteiger partial charge is 0.123 e. The fourth-order valence-electron chi connectivity index (χ4n) is 3.36. The van der Waals surface area contributed by atoms with Gasteiger partial charge in [0.05, 0.1) is 5.38 Å². The van der Waals surface area contributed by atoms with E-state index in [1.807, 2.05) is 0 Å². The van der Waals surface area contributed by atoms with E-state index in [0.29, 0.717) is 0 Å². The monoisotopic (exact) mass is 300 g/mol. The summed E-state index contributed by atoms with van der Waals surface area (Å²) in [4.78, 5) is 0. The Kier molecular flexibility index (Phi) is 3.71. The Morgan fingerprint density at radius 2 is 1.76 bits per heavy atom. The molecule has 1 heterocycles. The molecule has 0 saturated carbocycles. The zero-order valence-corrected chi connectivity index (χ0v) is 13.8. The first-order valence-electron chi connectivity index (χ1n) is 7.47. The molecular formula is C19H21ClO. The highest BCUT2D eigenvalue weighted by molar-refractivity contribution is 6.22. The second-order valence-corrected chi connectivity index (χ2v) is 6.61. The van der Waals surface area contributed by atoms with Crippen LogP contribution in [0, 0.1) is 20.8 Å². The van der Waals surface area contributed by atoms with Crippen LogP contribution >= 0.6 is 11.6 Å². The minimum Gasteiger partial charge on any atom is -0.490 e. The van der Waals surface area contributed by atoms with E-state index in [0.717, 1.165) is 17.7 Å². The lowest BCUT2D eigenvalue weighted by atomic mass is 9.93. The number of hydrogen-bond donors (Lipinski definition) is 0. The largest absolute Gasteiger partial charge is 0.490 e. The predicted molar refractivity (Wildman–Crippen MR) is 88.6 cm³/mol. The van der Waals surface area contributed by atoms with Crippen molar-refractivity contribution in [2.24, 2.45) is 0 Å². The van der Waals surface area contributed by atoms with E-state index in [4.69, 9.17) is 16.3 Å². The number of benzene rings is 2. The highest BCUT2D eigenvalue weighted by Gasteiger charge is 2.22. The van der Waals surface area contributed by atoms with Crippen LogP contribution in [0.4, 0.5) is 0 Å². The molecule has 1 aliphatic heterocycles. The molecule has 2 aromatic rings. The summed E-state index contributed by atoms with van der Waals surface area (Å²) >= 11 is 6.79. The highest BCUT2D eigenvalue weighted by Crippen LogP contribution is 2.37. The van der Waals surface area contributed by atoms with Gasteiger partial charge in [-0.05, 0) is 61.6 Å². The molecule has 1 nitrogen and oxygen atoms in total. The maximum Gasteiger partial charge on any atom is 0.123 e. The van der Waals surface area contributed by atoms with Crippen LogP contribution in [0.15, 0.2) is 30.3 Å². The third-order valence-electron chi connectivity index (χ3n) is 4.20. The third-order valence-corrected chi connectivity index (χ3v) is 4.67. The molecule has 2 unspecified atom stereocenters. The number of aryl methyl sites for hydroxylation is 3. The van der Waals surface area contributed by atoms with E-state index in [1.165, 1.54) is 27.8 Å². The average molecular weight is 301 g/mol. The summed E-state index contributed by atoms with van der Waals surface area (Å²) in [5.41, 5.74) is 7.47. The number of alkyl halides is 1. The van der Waals surface area contributed by atoms with E-state index in [2.05, 4.69) is 58.0 Å². The zero-order chi connectivity index (χ0) is 15.1. The van der Waals surface area contributed by atoms with Crippen LogP contribution in [0.2, 0.25) is 0 Å². The Hall–Kier alpha value is -1.47. The van der Waals surface area contributed by atoms with Crippen molar-refractivity contribution < 1.29 is 4.74 Å². The standard InChI is InChI=1S/C19H21ClO/c1-11-7-12(2)18(13(3)8-11)19(20)15-5-6-17-16(10-15)9-14(4)21-17/h5-8,10,14,19H,9H2,1-4H3. The molecule has 1 aliphatic rings. The SMILES string of the molecule is Cc1cc(C)c(C(Cl)c2ccc3c(c2)CC(C)O3)c(C)c1. The van der Waals surface area contributed by atoms with Crippen LogP contribution in [0.1, 0.15) is 45.7 Å². The van der Waals surface area contributed by atoms with Crippen LogP contribution < -0.4 is 4.74 Å². The Labute approximate surface area is 131 Å². The molecule has 2 atom stereocenters. The molecule has 0 bridgehead atoms. The van der Waals surface area contributed by atoms with Gasteiger partial charge in [-0.25, -0.2) is 0 Å². The number of halogens is 1. The van der Waals surface area contributed by atoms with Crippen LogP contribution in [0.25, 0.3) is 0 Å². The molecule has 21 heavy (non-hydrogen) atoms. The van der Waals surface area contributed by atoms with Crippen LogP contribution in [0.5, 0.6) is 5.75 Å². The van der Waals surface area contributed by atoms with Crippen molar-refractivity contribution in [2.75, 3.05) is 0 Å². The van der Waals surface area contributed by atoms with Crippen molar-refractivity contribution in [3.05, 3.63) is 63.7 Å². The van der Waals surface area contributed by atoms with Gasteiger partial charge >= 0.3 is 0 Å². The maximum atomic E-state index is 6.79. The second-order valence-electron chi connectivity index (χ2n) is 6.17. The average Bonchev–Trinajstić information content (AvgIpc) is 2.76. The summed E-state index contributed by atoms with van der Waals surface area (Å²) in [6, 6.07) is 10.8. The maximum absolute atomic E-state index is 6.79. The van der Waals surface area contributed by atoms with E-state index >= 15 is 0 Å². The van der Waals surface area contributed by atoms with Gasteiger partial charge in [-0.1, -0.05) is 29.8 Å². The van der Waals surface area contributed by atoms with Gasteiger partial charge in [0, 0.05) is 6.42 Å². The molecule has 110 valence electrons. The van der Waals surface area contributed by atoms with Gasteiger partial charge in [-0.2, -0.15) is 0 Å². The molecule has 0 aliphatic carbocycles. The molecule has 2 aromatic carbocycles. The summed E-state index contributed by atoms with van der Waals surface area (Å²) in [5, 5.41) is -0.105. The van der Waals surface area contributed by atoms with Crippen molar-refractivity contribution >= 4 is 11.6 Å². The lowest BCUT2D eigenvalue weighted by Crippen LogP contribution is -2.05. The molecule has 0 fully saturated rings. The topological polar surface area (TPSA) is 9.23 Å². The zero-order valence-electron chi connectivity index (χ0n) is 13.0. The molecule has 0 saturated heterocycles. The van der Waals surface area contributed by atoms with E-state index < -0.39 is 0 Å². The first-order chi connectivity index (χ1) is 9.95. The van der Waals surface area contributed by atoms with Crippen molar-refractivity contribution in [3.63, 3.8) is 0 Å². The van der Waals surface area contributed by atoms with Gasteiger partial charge in [0.2, 0.25) is 0 Å². The van der Waals surface area contributed by atoms with Gasteiger partial charge in [0.1, 0.15) is 11.9 Å². The summed E-state index contributed by atoms with van der Waals surface area (Å²) in [7, 11) is 0. The van der Waals surface area contributed by atoms with Gasteiger partial charge in [-0.3, -0.25) is 0 Å². The fourth-order valence-corrected chi connectivity index (χ4v) is 3.84. The number of hydrogen-bond acceptors (Lipinski definition) is 1. The van der Waals surface area contributed by atoms with E-state index in [1.54, 1.807) is 0 Å². The fraction of sp³-hybridized carbons (Fsp3) is 0.368. The summed E-state index contributed by atoms with van der Waals surface area (Å²) in [6.07, 6.45) is 1.24. The van der Waals surface area contributed by atoms with Crippen LogP contribution in [0.3, 0.4) is 0 Å². The first-order valence-corrected chi connectivity index (χ1v) is 7.90. The number of rotatable bonds is 2. The number of ether oxygens (including phenoxy) is 1. The van der Waals surface area contributed by atoms with Gasteiger partial charge < -0.3 is 4.74 Å². The first kappa shape index (κ1) is 14.5. The molecule has 0 amide bonds. The van der Waals surface area contributed by atoms with Gasteiger partial charge in [0.25, 0.3) is 0 Å². The van der Waals surface area contributed by atoms with Crippen LogP contribution in [-0.2, 0) is 6.42 Å². The van der Waals surface area contributed by atoms with Crippen molar-refractivity contribution in [1.29, 1.82) is 0 Å². The van der Waals surface area contributed by atoms with Crippen molar-refractivity contribution in [1.82, 2.24) is 0 Å². The molecule has 0 N–H and O–H groups in total. The van der Waals surface area contributed by atoms with E-state index in [-0.39, 0.29) is 11.5 Å². The molecular weight excluding hydrogens is 280 g/mol. The summed E-state index contributed by atoms with van der Waals surface area (Å²) < 4.78 is 5.77. The quantitative estimate of drug-likeness (QED) is 0.687. The summed E-state index contributed by atoms with van der Waals surface area (Å²) in [5.74, 6) is 1.01. The molecule has 3 rings (SSSR count). The predicted octanol–water partition coefficient (Wildman–Crippen LogP) is 5.26. The molecule has 2 heteroatoms. The lowest BCUT2D eigenvalue weighted by molar-refractivity contribution is 0.254. The van der Waals surface area contributed by atoms with Crippen molar-refractivity contribution in [3.8, 4) is 5.75 Å². The normalized spacial score (nSPS) is 18.2. The van der Waals surface area contributed by atoms with E-state index in [9.17, 15) is 0 Å². The highest BCUT2D eigenvalue weighted by atomic mass is 35.5. The Bertz CT molecular complexity index is 667. The minimum absolute atomic E-state index is 0.105. The second kappa shape index (κ2) is 5.38. The minimum atomic E-state index is -0.105. The summed E-state index contributed by atoms with van der Waals surface area (Å²) in [6.45, 7) is 8.51. The lowest BCUT2D eigenvalue weighted by Gasteiger charge is -2.18. The Balaban J connectivity index is 2.00. The van der Waals surface area contributed by atoms with Gasteiger partial charge in [0.15, 0.2) is 0 Å².